The van der Waals surface area contributed by atoms with E-state index in [0.29, 0.717) is 37.2 Å². The number of aromatic nitrogens is 2. The third kappa shape index (κ3) is 7.11. The second kappa shape index (κ2) is 11.8. The molecule has 1 fully saturated rings. The number of benzene rings is 2. The number of ether oxygens (including phenoxy) is 3. The van der Waals surface area contributed by atoms with Gasteiger partial charge >= 0.3 is 0 Å². The van der Waals surface area contributed by atoms with Gasteiger partial charge in [-0.25, -0.2) is 4.98 Å². The average molecular weight is 509 g/mol. The Morgan fingerprint density at radius 1 is 1.00 bits per heavy atom. The van der Waals surface area contributed by atoms with Gasteiger partial charge in [-0.05, 0) is 62.2 Å². The summed E-state index contributed by atoms with van der Waals surface area (Å²) in [6, 6.07) is 16.6. The number of amides is 2. The van der Waals surface area contributed by atoms with Gasteiger partial charge in [-0.2, -0.15) is 4.98 Å². The van der Waals surface area contributed by atoms with Gasteiger partial charge in [0.05, 0.1) is 17.9 Å². The first-order valence-electron chi connectivity index (χ1n) is 11.6. The highest BCUT2D eigenvalue weighted by Crippen LogP contribution is 2.25. The van der Waals surface area contributed by atoms with E-state index in [1.807, 2.05) is 74.3 Å². The summed E-state index contributed by atoms with van der Waals surface area (Å²) in [5, 5.41) is 1.64. The van der Waals surface area contributed by atoms with Crippen LogP contribution in [0.4, 0.5) is 10.7 Å². The van der Waals surface area contributed by atoms with Crippen LogP contribution in [-0.4, -0.2) is 52.7 Å². The molecule has 1 saturated heterocycles. The molecule has 1 unspecified atom stereocenters. The van der Waals surface area contributed by atoms with Crippen molar-refractivity contribution in [1.82, 2.24) is 15.3 Å². The second-order valence-electron chi connectivity index (χ2n) is 8.44. The van der Waals surface area contributed by atoms with Crippen molar-refractivity contribution in [3.05, 3.63) is 66.4 Å². The van der Waals surface area contributed by atoms with Crippen molar-refractivity contribution in [2.45, 2.75) is 31.6 Å². The molecule has 1 aromatic heterocycles. The van der Waals surface area contributed by atoms with Gasteiger partial charge in [-0.3, -0.25) is 14.9 Å². The van der Waals surface area contributed by atoms with Crippen LogP contribution in [-0.2, 0) is 11.2 Å². The molecule has 9 nitrogen and oxygen atoms in total. The normalized spacial score (nSPS) is 15.1. The Kier molecular flexibility index (Phi) is 8.27. The van der Waals surface area contributed by atoms with Crippen LogP contribution in [0.3, 0.4) is 0 Å². The highest BCUT2D eigenvalue weighted by atomic mass is 32.2. The van der Waals surface area contributed by atoms with E-state index in [-0.39, 0.29) is 22.5 Å². The molecule has 0 aliphatic carbocycles. The molecule has 0 spiro atoms. The summed E-state index contributed by atoms with van der Waals surface area (Å²) >= 11 is 1.03. The summed E-state index contributed by atoms with van der Waals surface area (Å²) < 4.78 is 17.4. The smallest absolute Gasteiger partial charge is 0.286 e. The van der Waals surface area contributed by atoms with Crippen molar-refractivity contribution in [3.8, 4) is 23.1 Å². The van der Waals surface area contributed by atoms with Crippen LogP contribution in [0.25, 0.3) is 0 Å². The van der Waals surface area contributed by atoms with Gasteiger partial charge in [0.1, 0.15) is 23.9 Å². The number of likely N-dealkylation sites (N-methyl/N-ethyl adjacent to an activating group) is 1. The minimum Gasteiger partial charge on any atom is -0.492 e. The average Bonchev–Trinajstić information content (AvgIpc) is 3.17. The molecule has 1 aliphatic rings. The van der Waals surface area contributed by atoms with E-state index in [1.54, 1.807) is 12.3 Å². The van der Waals surface area contributed by atoms with E-state index in [1.165, 1.54) is 0 Å². The van der Waals surface area contributed by atoms with Gasteiger partial charge < -0.3 is 19.1 Å². The number of carbonyl (C=O) groups is 2. The van der Waals surface area contributed by atoms with Crippen LogP contribution >= 0.6 is 11.8 Å². The maximum absolute atomic E-state index is 11.7. The zero-order valence-electron chi connectivity index (χ0n) is 20.3. The summed E-state index contributed by atoms with van der Waals surface area (Å²) in [4.78, 5) is 33.7. The maximum Gasteiger partial charge on any atom is 0.286 e. The number of nitrogens with one attached hydrogen (secondary N) is 1. The number of thioether (sulfide) groups is 1. The van der Waals surface area contributed by atoms with E-state index in [2.05, 4.69) is 15.3 Å². The molecular formula is C26H28N4O5S. The molecule has 36 heavy (non-hydrogen) atoms. The number of carbonyl (C=O) groups excluding carboxylic acids is 2. The first kappa shape index (κ1) is 25.3. The van der Waals surface area contributed by atoms with Crippen molar-refractivity contribution in [2.24, 2.45) is 0 Å². The molecule has 1 atom stereocenters. The molecule has 10 heteroatoms. The van der Waals surface area contributed by atoms with Crippen LogP contribution < -0.4 is 24.4 Å². The predicted octanol–water partition coefficient (Wildman–Crippen LogP) is 4.47. The zero-order chi connectivity index (χ0) is 25.5. The third-order valence-electron chi connectivity index (χ3n) is 5.18. The van der Waals surface area contributed by atoms with Gasteiger partial charge in [-0.1, -0.05) is 23.9 Å². The lowest BCUT2D eigenvalue weighted by Crippen LogP contribution is -2.25. The third-order valence-corrected chi connectivity index (χ3v) is 6.16. The van der Waals surface area contributed by atoms with Crippen molar-refractivity contribution in [2.75, 3.05) is 25.1 Å². The van der Waals surface area contributed by atoms with Crippen molar-refractivity contribution < 1.29 is 23.8 Å². The molecule has 1 aliphatic heterocycles. The Morgan fingerprint density at radius 2 is 1.69 bits per heavy atom. The van der Waals surface area contributed by atoms with E-state index in [0.717, 1.165) is 28.8 Å². The number of imide groups is 1. The molecule has 2 aromatic carbocycles. The Morgan fingerprint density at radius 3 is 2.36 bits per heavy atom. The number of anilines is 1. The fourth-order valence-corrected chi connectivity index (χ4v) is 4.28. The molecule has 1 N–H and O–H groups in total. The van der Waals surface area contributed by atoms with Crippen molar-refractivity contribution in [3.63, 3.8) is 0 Å². The van der Waals surface area contributed by atoms with Gasteiger partial charge in [0.25, 0.3) is 5.24 Å². The quantitative estimate of drug-likeness (QED) is 0.402. The Labute approximate surface area is 214 Å². The summed E-state index contributed by atoms with van der Waals surface area (Å²) in [6.07, 6.45) is 2.26. The first-order valence-corrected chi connectivity index (χ1v) is 12.5. The summed E-state index contributed by atoms with van der Waals surface area (Å²) in [5.74, 6) is 2.88. The van der Waals surface area contributed by atoms with Crippen LogP contribution in [0, 0.1) is 0 Å². The number of nitrogens with zero attached hydrogens (tertiary/aromatic N) is 3. The minimum absolute atomic E-state index is 0.110. The van der Waals surface area contributed by atoms with Crippen molar-refractivity contribution in [1.29, 1.82) is 0 Å². The lowest BCUT2D eigenvalue weighted by atomic mass is 10.1. The Hall–Kier alpha value is -3.79. The Balaban J connectivity index is 1.25. The lowest BCUT2D eigenvalue weighted by molar-refractivity contribution is -0.118. The van der Waals surface area contributed by atoms with Gasteiger partial charge in [0, 0.05) is 19.3 Å². The van der Waals surface area contributed by atoms with E-state index < -0.39 is 0 Å². The SMILES string of the molecule is CC(C)Oc1ccc(Oc2ccnc(N(C)CCOc3ccc(CC4SC(=O)NC4=O)cc3)n2)cc1. The number of hydrogen-bond donors (Lipinski definition) is 1. The van der Waals surface area contributed by atoms with Crippen LogP contribution in [0.1, 0.15) is 19.4 Å². The predicted molar refractivity (Wildman–Crippen MR) is 138 cm³/mol. The van der Waals surface area contributed by atoms with Gasteiger partial charge in [-0.15, -0.1) is 0 Å². The van der Waals surface area contributed by atoms with Crippen LogP contribution in [0.2, 0.25) is 0 Å². The molecule has 3 aromatic rings. The van der Waals surface area contributed by atoms with Crippen molar-refractivity contribution >= 4 is 28.9 Å². The molecule has 0 bridgehead atoms. The highest BCUT2D eigenvalue weighted by Gasteiger charge is 2.31. The molecule has 2 heterocycles. The molecule has 2 amide bonds. The second-order valence-corrected chi connectivity index (χ2v) is 9.61. The Bertz CT molecular complexity index is 1190. The number of hydrogen-bond acceptors (Lipinski definition) is 9. The van der Waals surface area contributed by atoms with Gasteiger partial charge in [0.15, 0.2) is 0 Å². The summed E-state index contributed by atoms with van der Waals surface area (Å²) in [7, 11) is 1.88. The number of rotatable bonds is 11. The monoisotopic (exact) mass is 508 g/mol. The standard InChI is InChI=1S/C26H28N4O5S/c1-17(2)34-20-8-10-21(11-9-20)35-23-12-13-27-25(28-23)30(3)14-15-33-19-6-4-18(5-7-19)16-22-24(31)29-26(32)36-22/h4-13,17,22H,14-16H2,1-3H3,(H,29,31,32). The van der Waals surface area contributed by atoms with E-state index in [4.69, 9.17) is 14.2 Å². The first-order chi connectivity index (χ1) is 17.4. The fraction of sp³-hybridized carbons (Fsp3) is 0.308. The van der Waals surface area contributed by atoms with Crippen LogP contribution in [0.15, 0.2) is 60.8 Å². The summed E-state index contributed by atoms with van der Waals surface area (Å²) in [6.45, 7) is 4.95. The maximum atomic E-state index is 11.7. The zero-order valence-corrected chi connectivity index (χ0v) is 21.2. The minimum atomic E-state index is -0.379. The summed E-state index contributed by atoms with van der Waals surface area (Å²) in [5.41, 5.74) is 0.967. The highest BCUT2D eigenvalue weighted by molar-refractivity contribution is 8.15. The van der Waals surface area contributed by atoms with Crippen LogP contribution in [0.5, 0.6) is 23.1 Å². The van der Waals surface area contributed by atoms with Gasteiger partial charge in [0.2, 0.25) is 17.7 Å². The molecule has 0 radical (unpaired) electrons. The molecule has 0 saturated carbocycles. The molecular weight excluding hydrogens is 480 g/mol. The largest absolute Gasteiger partial charge is 0.492 e. The lowest BCUT2D eigenvalue weighted by Gasteiger charge is -2.18. The van der Waals surface area contributed by atoms with E-state index in [9.17, 15) is 9.59 Å². The van der Waals surface area contributed by atoms with E-state index >= 15 is 0 Å². The fourth-order valence-electron chi connectivity index (χ4n) is 3.42. The molecule has 4 rings (SSSR count). The molecule has 188 valence electrons. The topological polar surface area (TPSA) is 103 Å².